The molecule has 6 heteroatoms. The lowest BCUT2D eigenvalue weighted by Gasteiger charge is -2.14. The molecule has 3 aromatic carbocycles. The summed E-state index contributed by atoms with van der Waals surface area (Å²) in [6.07, 6.45) is 1.67. The Morgan fingerprint density at radius 3 is 2.32 bits per heavy atom. The van der Waals surface area contributed by atoms with E-state index in [2.05, 4.69) is 50.7 Å². The van der Waals surface area contributed by atoms with Crippen LogP contribution < -0.4 is 5.32 Å². The molecule has 34 heavy (non-hydrogen) atoms. The number of esters is 1. The Morgan fingerprint density at radius 1 is 1.03 bits per heavy atom. The van der Waals surface area contributed by atoms with Crippen LogP contribution in [0.15, 0.2) is 81.8 Å². The van der Waals surface area contributed by atoms with Crippen molar-refractivity contribution in [1.82, 2.24) is 5.16 Å². The van der Waals surface area contributed by atoms with Crippen molar-refractivity contribution in [2.75, 3.05) is 5.32 Å². The van der Waals surface area contributed by atoms with Gasteiger partial charge in [-0.15, -0.1) is 0 Å². The van der Waals surface area contributed by atoms with E-state index in [0.717, 1.165) is 56.6 Å². The summed E-state index contributed by atoms with van der Waals surface area (Å²) >= 11 is 3.51. The van der Waals surface area contributed by atoms with Crippen molar-refractivity contribution >= 4 is 33.3 Å². The van der Waals surface area contributed by atoms with Crippen molar-refractivity contribution < 1.29 is 14.1 Å². The van der Waals surface area contributed by atoms with Crippen LogP contribution in [-0.2, 0) is 9.53 Å². The number of carbonyl (C=O) groups is 1. The van der Waals surface area contributed by atoms with Crippen LogP contribution in [0.1, 0.15) is 37.1 Å². The molecule has 1 N–H and O–H groups in total. The van der Waals surface area contributed by atoms with Gasteiger partial charge in [-0.25, -0.2) is 0 Å². The van der Waals surface area contributed by atoms with Crippen molar-refractivity contribution in [3.05, 3.63) is 88.5 Å². The summed E-state index contributed by atoms with van der Waals surface area (Å²) in [5.41, 5.74) is 6.73. The zero-order chi connectivity index (χ0) is 23.7. The van der Waals surface area contributed by atoms with Crippen molar-refractivity contribution in [3.63, 3.8) is 0 Å². The Morgan fingerprint density at radius 2 is 1.68 bits per heavy atom. The monoisotopic (exact) mass is 516 g/mol. The minimum absolute atomic E-state index is 0.0800. The van der Waals surface area contributed by atoms with Gasteiger partial charge in [-0.3, -0.25) is 4.79 Å². The Labute approximate surface area is 207 Å². The molecule has 1 fully saturated rings. The Kier molecular flexibility index (Phi) is 6.24. The van der Waals surface area contributed by atoms with Crippen LogP contribution in [0.3, 0.4) is 0 Å². The standard InChI is InChI=1S/C28H25BrN2O3/c1-17-26(30-25-5-3-4-24(29)16-25)27(34-31-17)22-12-10-21(11-13-22)20-8-6-19(7-9-20)18(2)33-28(32)23-14-15-23/h3-13,16,18,23,30H,14-15H2,1-2H3. The fraction of sp³-hybridized carbons (Fsp3) is 0.214. The Bertz CT molecular complexity index is 1310. The van der Waals surface area contributed by atoms with E-state index < -0.39 is 0 Å². The lowest BCUT2D eigenvalue weighted by molar-refractivity contribution is -0.150. The van der Waals surface area contributed by atoms with E-state index in [4.69, 9.17) is 9.26 Å². The summed E-state index contributed by atoms with van der Waals surface area (Å²) in [5.74, 6) is 0.730. The molecule has 172 valence electrons. The van der Waals surface area contributed by atoms with Gasteiger partial charge in [-0.1, -0.05) is 75.7 Å². The van der Waals surface area contributed by atoms with E-state index in [0.29, 0.717) is 5.76 Å². The molecule has 1 heterocycles. The number of hydrogen-bond donors (Lipinski definition) is 1. The van der Waals surface area contributed by atoms with Gasteiger partial charge < -0.3 is 14.6 Å². The van der Waals surface area contributed by atoms with Crippen LogP contribution in [0.5, 0.6) is 0 Å². The summed E-state index contributed by atoms with van der Waals surface area (Å²) in [4.78, 5) is 11.9. The molecule has 1 atom stereocenters. The van der Waals surface area contributed by atoms with Crippen LogP contribution in [0.25, 0.3) is 22.5 Å². The molecule has 0 radical (unpaired) electrons. The van der Waals surface area contributed by atoms with Gasteiger partial charge in [0, 0.05) is 15.7 Å². The first kappa shape index (κ1) is 22.4. The molecule has 5 nitrogen and oxygen atoms in total. The summed E-state index contributed by atoms with van der Waals surface area (Å²) in [6.45, 7) is 3.84. The largest absolute Gasteiger partial charge is 0.458 e. The maximum absolute atomic E-state index is 11.9. The highest BCUT2D eigenvalue weighted by Gasteiger charge is 2.32. The number of carbonyl (C=O) groups excluding carboxylic acids is 1. The lowest BCUT2D eigenvalue weighted by atomic mass is 10.0. The molecule has 1 aliphatic carbocycles. The van der Waals surface area contributed by atoms with Gasteiger partial charge in [0.25, 0.3) is 0 Å². The van der Waals surface area contributed by atoms with Crippen molar-refractivity contribution in [2.45, 2.75) is 32.8 Å². The van der Waals surface area contributed by atoms with Crippen LogP contribution in [0.4, 0.5) is 11.4 Å². The molecule has 1 unspecified atom stereocenters. The third-order valence-corrected chi connectivity index (χ3v) is 6.51. The van der Waals surface area contributed by atoms with Gasteiger partial charge in [0.05, 0.1) is 5.92 Å². The van der Waals surface area contributed by atoms with Gasteiger partial charge in [-0.2, -0.15) is 0 Å². The number of benzene rings is 3. The van der Waals surface area contributed by atoms with Crippen molar-refractivity contribution in [3.8, 4) is 22.5 Å². The summed E-state index contributed by atoms with van der Waals surface area (Å²) in [7, 11) is 0. The summed E-state index contributed by atoms with van der Waals surface area (Å²) in [5, 5.41) is 7.59. The quantitative estimate of drug-likeness (QED) is 0.253. The topological polar surface area (TPSA) is 64.4 Å². The number of ether oxygens (including phenoxy) is 1. The maximum Gasteiger partial charge on any atom is 0.309 e. The minimum atomic E-state index is -0.240. The first-order chi connectivity index (χ1) is 16.5. The third-order valence-electron chi connectivity index (χ3n) is 6.02. The van der Waals surface area contributed by atoms with Crippen LogP contribution in [-0.4, -0.2) is 11.1 Å². The second kappa shape index (κ2) is 9.47. The SMILES string of the molecule is Cc1noc(-c2ccc(-c3ccc(C(C)OC(=O)C4CC4)cc3)cc2)c1Nc1cccc(Br)c1. The van der Waals surface area contributed by atoms with Crippen molar-refractivity contribution in [2.24, 2.45) is 5.92 Å². The van der Waals surface area contributed by atoms with E-state index in [1.807, 2.05) is 62.4 Å². The molecule has 0 saturated heterocycles. The first-order valence-corrected chi connectivity index (χ1v) is 12.2. The zero-order valence-corrected chi connectivity index (χ0v) is 20.6. The normalized spacial score (nSPS) is 14.0. The first-order valence-electron chi connectivity index (χ1n) is 11.4. The Hall–Kier alpha value is -3.38. The second-order valence-electron chi connectivity index (χ2n) is 8.66. The smallest absolute Gasteiger partial charge is 0.309 e. The number of aryl methyl sites for hydroxylation is 1. The van der Waals surface area contributed by atoms with E-state index in [-0.39, 0.29) is 18.0 Å². The fourth-order valence-electron chi connectivity index (χ4n) is 3.84. The summed E-state index contributed by atoms with van der Waals surface area (Å²) in [6, 6.07) is 24.4. The van der Waals surface area contributed by atoms with Crippen molar-refractivity contribution in [1.29, 1.82) is 0 Å². The number of anilines is 2. The maximum atomic E-state index is 11.9. The number of aromatic nitrogens is 1. The molecule has 1 saturated carbocycles. The molecule has 0 spiro atoms. The number of rotatable bonds is 7. The molecular weight excluding hydrogens is 492 g/mol. The van der Waals surface area contributed by atoms with E-state index in [1.165, 1.54) is 0 Å². The van der Waals surface area contributed by atoms with Gasteiger partial charge in [0.1, 0.15) is 17.5 Å². The predicted molar refractivity (Wildman–Crippen MR) is 137 cm³/mol. The van der Waals surface area contributed by atoms with Gasteiger partial charge in [-0.05, 0) is 61.6 Å². The lowest BCUT2D eigenvalue weighted by Crippen LogP contribution is -2.10. The van der Waals surface area contributed by atoms with E-state index in [9.17, 15) is 4.79 Å². The fourth-order valence-corrected chi connectivity index (χ4v) is 4.24. The van der Waals surface area contributed by atoms with Crippen LogP contribution >= 0.6 is 15.9 Å². The molecule has 0 bridgehead atoms. The molecule has 5 rings (SSSR count). The predicted octanol–water partition coefficient (Wildman–Crippen LogP) is 7.84. The number of nitrogens with one attached hydrogen (secondary N) is 1. The van der Waals surface area contributed by atoms with Gasteiger partial charge in [0.15, 0.2) is 5.76 Å². The van der Waals surface area contributed by atoms with Gasteiger partial charge in [0.2, 0.25) is 0 Å². The molecule has 0 aliphatic heterocycles. The summed E-state index contributed by atoms with van der Waals surface area (Å²) < 4.78 is 12.2. The second-order valence-corrected chi connectivity index (χ2v) is 9.58. The highest BCUT2D eigenvalue weighted by atomic mass is 79.9. The number of hydrogen-bond acceptors (Lipinski definition) is 5. The highest BCUT2D eigenvalue weighted by Crippen LogP contribution is 2.35. The average molecular weight is 517 g/mol. The highest BCUT2D eigenvalue weighted by molar-refractivity contribution is 9.10. The Balaban J connectivity index is 1.32. The van der Waals surface area contributed by atoms with Crippen LogP contribution in [0.2, 0.25) is 0 Å². The molecule has 1 aliphatic rings. The number of nitrogens with zero attached hydrogens (tertiary/aromatic N) is 1. The average Bonchev–Trinajstić information content (AvgIpc) is 3.64. The third kappa shape index (κ3) is 4.92. The van der Waals surface area contributed by atoms with Crippen LogP contribution in [0, 0.1) is 12.8 Å². The molecular formula is C28H25BrN2O3. The molecule has 0 amide bonds. The molecule has 1 aromatic heterocycles. The van der Waals surface area contributed by atoms with Gasteiger partial charge >= 0.3 is 5.97 Å². The molecule has 4 aromatic rings. The number of halogens is 1. The zero-order valence-electron chi connectivity index (χ0n) is 19.0. The van der Waals surface area contributed by atoms with E-state index in [1.54, 1.807) is 0 Å². The van der Waals surface area contributed by atoms with E-state index >= 15 is 0 Å². The minimum Gasteiger partial charge on any atom is -0.458 e.